The highest BCUT2D eigenvalue weighted by Gasteiger charge is 1.99. The molecule has 1 heterocycles. The van der Waals surface area contributed by atoms with Gasteiger partial charge < -0.3 is 15.8 Å². The molecule has 0 spiro atoms. The van der Waals surface area contributed by atoms with Crippen LogP contribution in [0.1, 0.15) is 18.1 Å². The highest BCUT2D eigenvalue weighted by molar-refractivity contribution is 5.92. The molecule has 5 heteroatoms. The number of hydrogen-bond acceptors (Lipinski definition) is 3. The first-order valence-electron chi connectivity index (χ1n) is 6.86. The molecule has 0 amide bonds. The number of aryl methyl sites for hydroxylation is 1. The standard InChI is InChI=1S/C16H20N4O/c1-3-12-5-4-6-14(9-12)20-16(17)19-11-13-7-8-18-15(10-13)21-2/h4-10H,3,11H2,1-2H3,(H3,17,19,20). The van der Waals surface area contributed by atoms with Crippen molar-refractivity contribution in [3.05, 3.63) is 53.7 Å². The molecule has 2 rings (SSSR count). The lowest BCUT2D eigenvalue weighted by Crippen LogP contribution is -2.22. The second-order valence-electron chi connectivity index (χ2n) is 4.59. The number of aliphatic imine (C=N–C) groups is 1. The summed E-state index contributed by atoms with van der Waals surface area (Å²) in [6, 6.07) is 11.9. The van der Waals surface area contributed by atoms with E-state index in [1.807, 2.05) is 24.3 Å². The minimum absolute atomic E-state index is 0.388. The largest absolute Gasteiger partial charge is 0.481 e. The van der Waals surface area contributed by atoms with Crippen LogP contribution in [0.15, 0.2) is 47.6 Å². The smallest absolute Gasteiger partial charge is 0.213 e. The van der Waals surface area contributed by atoms with Crippen LogP contribution in [0.3, 0.4) is 0 Å². The van der Waals surface area contributed by atoms with Gasteiger partial charge in [-0.05, 0) is 35.7 Å². The highest BCUT2D eigenvalue weighted by Crippen LogP contribution is 2.12. The number of hydrogen-bond donors (Lipinski definition) is 2. The Kier molecular flexibility index (Phi) is 5.15. The molecule has 5 nitrogen and oxygen atoms in total. The van der Waals surface area contributed by atoms with E-state index < -0.39 is 0 Å². The third kappa shape index (κ3) is 4.49. The fraction of sp³-hybridized carbons (Fsp3) is 0.250. The van der Waals surface area contributed by atoms with Gasteiger partial charge in [-0.25, -0.2) is 9.98 Å². The number of pyridine rings is 1. The number of aromatic nitrogens is 1. The molecule has 0 saturated carbocycles. The Labute approximate surface area is 124 Å². The van der Waals surface area contributed by atoms with E-state index in [0.29, 0.717) is 18.4 Å². The molecule has 0 aliphatic heterocycles. The Balaban J connectivity index is 2.00. The van der Waals surface area contributed by atoms with Gasteiger partial charge in [0.2, 0.25) is 5.88 Å². The van der Waals surface area contributed by atoms with Crippen LogP contribution in [0.25, 0.3) is 0 Å². The molecule has 21 heavy (non-hydrogen) atoms. The highest BCUT2D eigenvalue weighted by atomic mass is 16.5. The average molecular weight is 284 g/mol. The number of guanidine groups is 1. The summed E-state index contributed by atoms with van der Waals surface area (Å²) >= 11 is 0. The molecule has 1 aromatic carbocycles. The fourth-order valence-corrected chi connectivity index (χ4v) is 1.89. The minimum atomic E-state index is 0.388. The second kappa shape index (κ2) is 7.28. The summed E-state index contributed by atoms with van der Waals surface area (Å²) in [5.74, 6) is 0.962. The summed E-state index contributed by atoms with van der Waals surface area (Å²) in [6.45, 7) is 2.60. The average Bonchev–Trinajstić information content (AvgIpc) is 2.53. The molecular formula is C16H20N4O. The zero-order chi connectivity index (χ0) is 15.1. The molecule has 2 aromatic rings. The van der Waals surface area contributed by atoms with Gasteiger partial charge in [0, 0.05) is 18.0 Å². The van der Waals surface area contributed by atoms with Gasteiger partial charge in [0.05, 0.1) is 13.7 Å². The summed E-state index contributed by atoms with van der Waals surface area (Å²) < 4.78 is 5.08. The van der Waals surface area contributed by atoms with Crippen molar-refractivity contribution in [1.29, 1.82) is 0 Å². The van der Waals surface area contributed by atoms with Crippen molar-refractivity contribution < 1.29 is 4.74 Å². The SMILES string of the molecule is CCc1cccc(NC(N)=NCc2ccnc(OC)c2)c1. The molecule has 110 valence electrons. The molecule has 0 aliphatic rings. The maximum atomic E-state index is 5.91. The molecule has 0 bridgehead atoms. The Morgan fingerprint density at radius 3 is 2.90 bits per heavy atom. The summed E-state index contributed by atoms with van der Waals surface area (Å²) in [4.78, 5) is 8.37. The summed E-state index contributed by atoms with van der Waals surface area (Å²) in [6.07, 6.45) is 2.68. The summed E-state index contributed by atoms with van der Waals surface area (Å²) in [7, 11) is 1.59. The molecule has 0 aliphatic carbocycles. The van der Waals surface area contributed by atoms with E-state index in [2.05, 4.69) is 34.3 Å². The first-order valence-corrected chi connectivity index (χ1v) is 6.86. The molecule has 0 radical (unpaired) electrons. The lowest BCUT2D eigenvalue weighted by Gasteiger charge is -2.07. The Morgan fingerprint density at radius 2 is 2.14 bits per heavy atom. The van der Waals surface area contributed by atoms with Gasteiger partial charge in [-0.2, -0.15) is 0 Å². The van der Waals surface area contributed by atoms with Crippen molar-refractivity contribution in [2.75, 3.05) is 12.4 Å². The number of methoxy groups -OCH3 is 1. The topological polar surface area (TPSA) is 72.5 Å². The predicted molar refractivity (Wildman–Crippen MR) is 85.6 cm³/mol. The van der Waals surface area contributed by atoms with Gasteiger partial charge >= 0.3 is 0 Å². The number of anilines is 1. The number of benzene rings is 1. The van der Waals surface area contributed by atoms with E-state index in [4.69, 9.17) is 10.5 Å². The van der Waals surface area contributed by atoms with Crippen molar-refractivity contribution in [3.8, 4) is 5.88 Å². The van der Waals surface area contributed by atoms with Crippen LogP contribution in [-0.2, 0) is 13.0 Å². The quantitative estimate of drug-likeness (QED) is 0.654. The van der Waals surface area contributed by atoms with Crippen LogP contribution in [-0.4, -0.2) is 18.1 Å². The van der Waals surface area contributed by atoms with E-state index in [9.17, 15) is 0 Å². The van der Waals surface area contributed by atoms with Crippen LogP contribution in [0.2, 0.25) is 0 Å². The van der Waals surface area contributed by atoms with Gasteiger partial charge in [-0.3, -0.25) is 0 Å². The number of nitrogens with two attached hydrogens (primary N) is 1. The first kappa shape index (κ1) is 14.8. The molecule has 3 N–H and O–H groups in total. The van der Waals surface area contributed by atoms with Crippen LogP contribution >= 0.6 is 0 Å². The van der Waals surface area contributed by atoms with Crippen molar-refractivity contribution in [2.45, 2.75) is 19.9 Å². The number of rotatable bonds is 5. The van der Waals surface area contributed by atoms with Gasteiger partial charge in [0.1, 0.15) is 0 Å². The first-order chi connectivity index (χ1) is 10.2. The van der Waals surface area contributed by atoms with Crippen molar-refractivity contribution in [3.63, 3.8) is 0 Å². The molecule has 0 fully saturated rings. The van der Waals surface area contributed by atoms with E-state index in [0.717, 1.165) is 17.7 Å². The zero-order valence-electron chi connectivity index (χ0n) is 12.3. The van der Waals surface area contributed by atoms with Crippen molar-refractivity contribution >= 4 is 11.6 Å². The molecule has 0 unspecified atom stereocenters. The van der Waals surface area contributed by atoms with Gasteiger partial charge in [-0.15, -0.1) is 0 Å². The van der Waals surface area contributed by atoms with Crippen LogP contribution in [0.5, 0.6) is 5.88 Å². The van der Waals surface area contributed by atoms with Crippen LogP contribution < -0.4 is 15.8 Å². The molecule has 0 saturated heterocycles. The van der Waals surface area contributed by atoms with E-state index in [1.165, 1.54) is 5.56 Å². The lowest BCUT2D eigenvalue weighted by molar-refractivity contribution is 0.397. The minimum Gasteiger partial charge on any atom is -0.481 e. The lowest BCUT2D eigenvalue weighted by atomic mass is 10.1. The third-order valence-electron chi connectivity index (χ3n) is 3.05. The van der Waals surface area contributed by atoms with Crippen LogP contribution in [0, 0.1) is 0 Å². The van der Waals surface area contributed by atoms with E-state index >= 15 is 0 Å². The fourth-order valence-electron chi connectivity index (χ4n) is 1.89. The maximum absolute atomic E-state index is 5.91. The third-order valence-corrected chi connectivity index (χ3v) is 3.05. The molecular weight excluding hydrogens is 264 g/mol. The van der Waals surface area contributed by atoms with E-state index in [-0.39, 0.29) is 0 Å². The van der Waals surface area contributed by atoms with Crippen molar-refractivity contribution in [1.82, 2.24) is 4.98 Å². The zero-order valence-corrected chi connectivity index (χ0v) is 12.3. The van der Waals surface area contributed by atoms with Gasteiger partial charge in [-0.1, -0.05) is 19.1 Å². The maximum Gasteiger partial charge on any atom is 0.213 e. The number of ether oxygens (including phenoxy) is 1. The van der Waals surface area contributed by atoms with E-state index in [1.54, 1.807) is 13.3 Å². The molecule has 1 aromatic heterocycles. The Hall–Kier alpha value is -2.56. The van der Waals surface area contributed by atoms with Gasteiger partial charge in [0.15, 0.2) is 5.96 Å². The predicted octanol–water partition coefficient (Wildman–Crippen LogP) is 2.58. The van der Waals surface area contributed by atoms with Crippen molar-refractivity contribution in [2.24, 2.45) is 10.7 Å². The van der Waals surface area contributed by atoms with Gasteiger partial charge in [0.25, 0.3) is 0 Å². The molecule has 0 atom stereocenters. The Morgan fingerprint density at radius 1 is 1.29 bits per heavy atom. The van der Waals surface area contributed by atoms with Crippen LogP contribution in [0.4, 0.5) is 5.69 Å². The number of nitrogens with one attached hydrogen (secondary N) is 1. The monoisotopic (exact) mass is 284 g/mol. The normalized spacial score (nSPS) is 11.2. The summed E-state index contributed by atoms with van der Waals surface area (Å²) in [5, 5.41) is 3.10. The summed E-state index contributed by atoms with van der Waals surface area (Å²) in [5.41, 5.74) is 9.11. The Bertz CT molecular complexity index is 625. The number of nitrogens with zero attached hydrogens (tertiary/aromatic N) is 2. The second-order valence-corrected chi connectivity index (χ2v) is 4.59.